The molecule has 2 aliphatic heterocycles. The van der Waals surface area contributed by atoms with Gasteiger partial charge in [-0.2, -0.15) is 0 Å². The number of piperidine rings is 1. The molecule has 4 heteroatoms. The number of fused-ring (bicyclic) bond motifs is 1. The molecule has 0 bridgehead atoms. The van der Waals surface area contributed by atoms with Crippen LogP contribution >= 0.6 is 0 Å². The Morgan fingerprint density at radius 2 is 1.85 bits per heavy atom. The van der Waals surface area contributed by atoms with Gasteiger partial charge in [0.05, 0.1) is 0 Å². The third-order valence-electron chi connectivity index (χ3n) is 6.16. The van der Waals surface area contributed by atoms with Crippen molar-refractivity contribution in [2.24, 2.45) is 0 Å². The van der Waals surface area contributed by atoms with Crippen LogP contribution in [0.3, 0.4) is 0 Å². The molecule has 150 valence electrons. The second kappa shape index (κ2) is 8.64. The van der Waals surface area contributed by atoms with Crippen LogP contribution in [0, 0.1) is 0 Å². The highest BCUT2D eigenvalue weighted by Gasteiger charge is 2.41. The van der Waals surface area contributed by atoms with E-state index in [4.69, 9.17) is 4.74 Å². The van der Waals surface area contributed by atoms with Crippen LogP contribution in [0.15, 0.2) is 24.3 Å². The second-order valence-corrected chi connectivity index (χ2v) is 8.85. The lowest BCUT2D eigenvalue weighted by molar-refractivity contribution is -0.134. The molecule has 0 radical (unpaired) electrons. The molecule has 1 aromatic rings. The van der Waals surface area contributed by atoms with Crippen molar-refractivity contribution in [1.82, 2.24) is 10.2 Å². The maximum Gasteiger partial charge on any atom is 0.223 e. The molecule has 1 unspecified atom stereocenters. The smallest absolute Gasteiger partial charge is 0.223 e. The summed E-state index contributed by atoms with van der Waals surface area (Å²) in [6.07, 6.45) is 5.88. The van der Waals surface area contributed by atoms with Crippen molar-refractivity contribution >= 4 is 5.91 Å². The van der Waals surface area contributed by atoms with Crippen LogP contribution in [0.4, 0.5) is 0 Å². The van der Waals surface area contributed by atoms with Gasteiger partial charge in [0, 0.05) is 18.5 Å². The molecule has 1 aromatic carbocycles. The van der Waals surface area contributed by atoms with Crippen LogP contribution in [-0.4, -0.2) is 41.6 Å². The summed E-state index contributed by atoms with van der Waals surface area (Å²) in [6, 6.07) is 9.04. The summed E-state index contributed by atoms with van der Waals surface area (Å²) in [5, 5.41) is 3.46. The SMILES string of the molecule is CC(C)N(C(=O)CCCC1CC2(CCNCC2)Oc2ccccc21)C(C)C. The number of hydrogen-bond donors (Lipinski definition) is 1. The van der Waals surface area contributed by atoms with Gasteiger partial charge in [-0.3, -0.25) is 4.79 Å². The summed E-state index contributed by atoms with van der Waals surface area (Å²) >= 11 is 0. The average molecular weight is 373 g/mol. The lowest BCUT2D eigenvalue weighted by atomic mass is 9.76. The molecular formula is C23H36N2O2. The molecule has 0 saturated carbocycles. The number of benzene rings is 1. The van der Waals surface area contributed by atoms with Crippen molar-refractivity contribution in [3.8, 4) is 5.75 Å². The van der Waals surface area contributed by atoms with E-state index in [0.29, 0.717) is 12.3 Å². The predicted octanol–water partition coefficient (Wildman–Crippen LogP) is 4.49. The summed E-state index contributed by atoms with van der Waals surface area (Å²) in [5.74, 6) is 1.84. The zero-order chi connectivity index (χ0) is 19.4. The van der Waals surface area contributed by atoms with Crippen molar-refractivity contribution < 1.29 is 9.53 Å². The summed E-state index contributed by atoms with van der Waals surface area (Å²) in [4.78, 5) is 14.7. The van der Waals surface area contributed by atoms with E-state index in [1.54, 1.807) is 0 Å². The molecule has 1 fully saturated rings. The third-order valence-corrected chi connectivity index (χ3v) is 6.16. The van der Waals surface area contributed by atoms with Gasteiger partial charge in [-0.15, -0.1) is 0 Å². The molecule has 4 nitrogen and oxygen atoms in total. The van der Waals surface area contributed by atoms with Crippen molar-refractivity contribution in [3.63, 3.8) is 0 Å². The minimum Gasteiger partial charge on any atom is -0.487 e. The Kier molecular flexibility index (Phi) is 6.46. The maximum absolute atomic E-state index is 12.7. The fraction of sp³-hybridized carbons (Fsp3) is 0.696. The highest BCUT2D eigenvalue weighted by Crippen LogP contribution is 2.46. The highest BCUT2D eigenvalue weighted by molar-refractivity contribution is 5.76. The molecule has 2 aliphatic rings. The van der Waals surface area contributed by atoms with Gasteiger partial charge in [-0.1, -0.05) is 18.2 Å². The number of ether oxygens (including phenoxy) is 1. The summed E-state index contributed by atoms with van der Waals surface area (Å²) in [6.45, 7) is 10.5. The number of carbonyl (C=O) groups is 1. The van der Waals surface area contributed by atoms with Crippen molar-refractivity contribution in [2.75, 3.05) is 13.1 Å². The van der Waals surface area contributed by atoms with Gasteiger partial charge in [0.15, 0.2) is 0 Å². The Morgan fingerprint density at radius 1 is 1.19 bits per heavy atom. The molecule has 3 rings (SSSR count). The largest absolute Gasteiger partial charge is 0.487 e. The van der Waals surface area contributed by atoms with Crippen LogP contribution in [0.25, 0.3) is 0 Å². The first-order valence-corrected chi connectivity index (χ1v) is 10.7. The number of carbonyl (C=O) groups excluding carboxylic acids is 1. The molecule has 1 N–H and O–H groups in total. The van der Waals surface area contributed by atoms with Crippen molar-refractivity contribution in [1.29, 1.82) is 0 Å². The Bertz CT molecular complexity index is 627. The molecular weight excluding hydrogens is 336 g/mol. The Labute approximate surface area is 164 Å². The molecule has 27 heavy (non-hydrogen) atoms. The lowest BCUT2D eigenvalue weighted by Gasteiger charge is -2.45. The topological polar surface area (TPSA) is 41.6 Å². The number of hydrogen-bond acceptors (Lipinski definition) is 3. The van der Waals surface area contributed by atoms with E-state index in [-0.39, 0.29) is 23.6 Å². The van der Waals surface area contributed by atoms with Crippen molar-refractivity contribution in [3.05, 3.63) is 29.8 Å². The monoisotopic (exact) mass is 372 g/mol. The van der Waals surface area contributed by atoms with Gasteiger partial charge in [-0.05, 0) is 90.4 Å². The van der Waals surface area contributed by atoms with Crippen LogP contribution < -0.4 is 10.1 Å². The molecule has 0 aliphatic carbocycles. The molecule has 0 aromatic heterocycles. The lowest BCUT2D eigenvalue weighted by Crippen LogP contribution is -2.49. The first-order chi connectivity index (χ1) is 12.9. The minimum absolute atomic E-state index is 0.0177. The van der Waals surface area contributed by atoms with E-state index in [1.165, 1.54) is 5.56 Å². The quantitative estimate of drug-likeness (QED) is 0.800. The average Bonchev–Trinajstić information content (AvgIpc) is 2.61. The highest BCUT2D eigenvalue weighted by atomic mass is 16.5. The van der Waals surface area contributed by atoms with E-state index in [1.807, 2.05) is 4.90 Å². The van der Waals surface area contributed by atoms with Crippen LogP contribution in [0.2, 0.25) is 0 Å². The Hall–Kier alpha value is -1.55. The van der Waals surface area contributed by atoms with Gasteiger partial charge in [0.1, 0.15) is 11.4 Å². The first kappa shape index (κ1) is 20.2. The van der Waals surface area contributed by atoms with E-state index < -0.39 is 0 Å². The molecule has 1 spiro atoms. The number of amides is 1. The summed E-state index contributed by atoms with van der Waals surface area (Å²) in [7, 11) is 0. The Balaban J connectivity index is 1.65. The van der Waals surface area contributed by atoms with Gasteiger partial charge >= 0.3 is 0 Å². The van der Waals surface area contributed by atoms with Gasteiger partial charge in [-0.25, -0.2) is 0 Å². The van der Waals surface area contributed by atoms with Crippen LogP contribution in [0.5, 0.6) is 5.75 Å². The molecule has 1 saturated heterocycles. The number of rotatable bonds is 6. The predicted molar refractivity (Wildman–Crippen MR) is 110 cm³/mol. The fourth-order valence-corrected chi connectivity index (χ4v) is 4.99. The van der Waals surface area contributed by atoms with Gasteiger partial charge < -0.3 is 15.0 Å². The van der Waals surface area contributed by atoms with E-state index in [0.717, 1.165) is 50.9 Å². The number of nitrogens with one attached hydrogen (secondary N) is 1. The standard InChI is InChI=1S/C23H36N2O2/c1-17(2)25(18(3)4)22(26)11-7-8-19-16-23(12-14-24-15-13-23)27-21-10-6-5-9-20(19)21/h5-6,9-10,17-19,24H,7-8,11-16H2,1-4H3. The fourth-order valence-electron chi connectivity index (χ4n) is 4.99. The maximum atomic E-state index is 12.7. The van der Waals surface area contributed by atoms with E-state index in [2.05, 4.69) is 57.3 Å². The van der Waals surface area contributed by atoms with Gasteiger partial charge in [0.25, 0.3) is 0 Å². The normalized spacial score (nSPS) is 21.2. The minimum atomic E-state index is -0.0177. The second-order valence-electron chi connectivity index (χ2n) is 8.85. The summed E-state index contributed by atoms with van der Waals surface area (Å²) in [5.41, 5.74) is 1.31. The number of nitrogens with zero attached hydrogens (tertiary/aromatic N) is 1. The zero-order valence-electron chi connectivity index (χ0n) is 17.5. The van der Waals surface area contributed by atoms with Gasteiger partial charge in [0.2, 0.25) is 5.91 Å². The molecule has 1 atom stereocenters. The third kappa shape index (κ3) is 4.66. The zero-order valence-corrected chi connectivity index (χ0v) is 17.5. The van der Waals surface area contributed by atoms with Crippen LogP contribution in [0.1, 0.15) is 77.7 Å². The first-order valence-electron chi connectivity index (χ1n) is 10.7. The van der Waals surface area contributed by atoms with E-state index >= 15 is 0 Å². The summed E-state index contributed by atoms with van der Waals surface area (Å²) < 4.78 is 6.50. The van der Waals surface area contributed by atoms with Crippen LogP contribution in [-0.2, 0) is 4.79 Å². The van der Waals surface area contributed by atoms with Crippen molar-refractivity contribution in [2.45, 2.75) is 89.8 Å². The Morgan fingerprint density at radius 3 is 2.52 bits per heavy atom. The number of para-hydroxylation sites is 1. The molecule has 2 heterocycles. The van der Waals surface area contributed by atoms with E-state index in [9.17, 15) is 4.79 Å². The molecule has 1 amide bonds.